The van der Waals surface area contributed by atoms with Crippen LogP contribution in [0.25, 0.3) is 11.3 Å². The van der Waals surface area contributed by atoms with E-state index in [-0.39, 0.29) is 0 Å². The van der Waals surface area contributed by atoms with Crippen LogP contribution in [0.3, 0.4) is 0 Å². The van der Waals surface area contributed by atoms with E-state index in [0.29, 0.717) is 6.54 Å². The maximum absolute atomic E-state index is 5.63. The summed E-state index contributed by atoms with van der Waals surface area (Å²) in [7, 11) is 1.64. The van der Waals surface area contributed by atoms with Gasteiger partial charge in [-0.2, -0.15) is 0 Å². The van der Waals surface area contributed by atoms with E-state index in [9.17, 15) is 0 Å². The zero-order chi connectivity index (χ0) is 12.3. The monoisotopic (exact) mass is 229 g/mol. The summed E-state index contributed by atoms with van der Waals surface area (Å²) < 4.78 is 5.30. The Bertz CT molecular complexity index is 526. The molecule has 2 rings (SSSR count). The molecule has 0 aliphatic carbocycles. The van der Waals surface area contributed by atoms with Crippen molar-refractivity contribution in [2.75, 3.05) is 7.11 Å². The van der Waals surface area contributed by atoms with Gasteiger partial charge in [-0.25, -0.2) is 4.98 Å². The maximum Gasteiger partial charge on any atom is 0.128 e. The minimum atomic E-state index is 0.391. The minimum absolute atomic E-state index is 0.391. The fourth-order valence-corrected chi connectivity index (χ4v) is 1.67. The van der Waals surface area contributed by atoms with Gasteiger partial charge >= 0.3 is 0 Å². The molecule has 0 fully saturated rings. The Balaban J connectivity index is 2.53. The largest absolute Gasteiger partial charge is 0.496 e. The van der Waals surface area contributed by atoms with E-state index in [4.69, 9.17) is 10.5 Å². The normalized spacial score (nSPS) is 10.3. The Morgan fingerprint density at radius 1 is 1.29 bits per heavy atom. The Morgan fingerprint density at radius 2 is 2.06 bits per heavy atom. The molecule has 17 heavy (non-hydrogen) atoms. The van der Waals surface area contributed by atoms with E-state index < -0.39 is 0 Å². The van der Waals surface area contributed by atoms with E-state index >= 15 is 0 Å². The first kappa shape index (κ1) is 11.5. The average molecular weight is 229 g/mol. The topological polar surface area (TPSA) is 61.0 Å². The summed E-state index contributed by atoms with van der Waals surface area (Å²) in [4.78, 5) is 8.81. The molecular formula is C13H15N3O. The van der Waals surface area contributed by atoms with Gasteiger partial charge in [0, 0.05) is 12.1 Å². The Kier molecular flexibility index (Phi) is 3.35. The van der Waals surface area contributed by atoms with Gasteiger partial charge in [0.2, 0.25) is 0 Å². The van der Waals surface area contributed by atoms with Crippen LogP contribution in [-0.4, -0.2) is 17.1 Å². The molecule has 0 bridgehead atoms. The van der Waals surface area contributed by atoms with Gasteiger partial charge in [-0.3, -0.25) is 4.98 Å². The number of rotatable bonds is 3. The highest BCUT2D eigenvalue weighted by Gasteiger charge is 2.08. The SMILES string of the molecule is COc1ccccc1-c1cnc(C)c(CN)n1. The van der Waals surface area contributed by atoms with Crippen LogP contribution in [0, 0.1) is 6.92 Å². The molecule has 0 aliphatic rings. The van der Waals surface area contributed by atoms with Crippen molar-refractivity contribution >= 4 is 0 Å². The zero-order valence-electron chi connectivity index (χ0n) is 9.97. The molecule has 2 aromatic rings. The van der Waals surface area contributed by atoms with Crippen LogP contribution in [-0.2, 0) is 6.54 Å². The Morgan fingerprint density at radius 3 is 2.76 bits per heavy atom. The number of hydrogen-bond donors (Lipinski definition) is 1. The van der Waals surface area contributed by atoms with E-state index in [0.717, 1.165) is 28.4 Å². The van der Waals surface area contributed by atoms with Crippen LogP contribution >= 0.6 is 0 Å². The van der Waals surface area contributed by atoms with Crippen molar-refractivity contribution in [3.63, 3.8) is 0 Å². The number of aryl methyl sites for hydroxylation is 1. The van der Waals surface area contributed by atoms with Crippen molar-refractivity contribution in [1.29, 1.82) is 0 Å². The van der Waals surface area contributed by atoms with Gasteiger partial charge in [0.1, 0.15) is 5.75 Å². The van der Waals surface area contributed by atoms with Crippen LogP contribution in [0.2, 0.25) is 0 Å². The molecule has 0 aliphatic heterocycles. The summed E-state index contributed by atoms with van der Waals surface area (Å²) in [5.74, 6) is 0.786. The fraction of sp³-hybridized carbons (Fsp3) is 0.231. The number of para-hydroxylation sites is 1. The Labute approximate surface area is 100 Å². The van der Waals surface area contributed by atoms with Gasteiger partial charge in [-0.15, -0.1) is 0 Å². The molecule has 0 radical (unpaired) electrons. The molecule has 0 unspecified atom stereocenters. The summed E-state index contributed by atoms with van der Waals surface area (Å²) >= 11 is 0. The summed E-state index contributed by atoms with van der Waals surface area (Å²) in [5, 5.41) is 0. The standard InChI is InChI=1S/C13H15N3O/c1-9-11(7-14)16-12(8-15-9)10-5-3-4-6-13(10)17-2/h3-6,8H,7,14H2,1-2H3. The van der Waals surface area contributed by atoms with Gasteiger partial charge in [0.15, 0.2) is 0 Å². The molecule has 1 aromatic heterocycles. The molecule has 4 heteroatoms. The number of methoxy groups -OCH3 is 1. The van der Waals surface area contributed by atoms with Gasteiger partial charge in [0.25, 0.3) is 0 Å². The highest BCUT2D eigenvalue weighted by molar-refractivity contribution is 5.66. The minimum Gasteiger partial charge on any atom is -0.496 e. The van der Waals surface area contributed by atoms with Crippen molar-refractivity contribution in [2.24, 2.45) is 5.73 Å². The van der Waals surface area contributed by atoms with Gasteiger partial charge in [-0.05, 0) is 19.1 Å². The molecule has 0 saturated heterocycles. The van der Waals surface area contributed by atoms with Gasteiger partial charge in [-0.1, -0.05) is 12.1 Å². The first-order valence-corrected chi connectivity index (χ1v) is 5.42. The van der Waals surface area contributed by atoms with Crippen LogP contribution in [0.15, 0.2) is 30.5 Å². The molecule has 1 heterocycles. The molecule has 0 spiro atoms. The van der Waals surface area contributed by atoms with E-state index in [1.165, 1.54) is 0 Å². The second kappa shape index (κ2) is 4.93. The van der Waals surface area contributed by atoms with E-state index in [1.54, 1.807) is 13.3 Å². The fourth-order valence-electron chi connectivity index (χ4n) is 1.67. The van der Waals surface area contributed by atoms with Crippen LogP contribution in [0.5, 0.6) is 5.75 Å². The highest BCUT2D eigenvalue weighted by Crippen LogP contribution is 2.27. The number of aromatic nitrogens is 2. The third-order valence-corrected chi connectivity index (χ3v) is 2.63. The number of ether oxygens (including phenoxy) is 1. The summed E-state index contributed by atoms with van der Waals surface area (Å²) in [5.41, 5.74) is 9.03. The van der Waals surface area contributed by atoms with Gasteiger partial charge < -0.3 is 10.5 Å². The molecular weight excluding hydrogens is 214 g/mol. The molecule has 0 saturated carbocycles. The predicted molar refractivity (Wildman–Crippen MR) is 66.6 cm³/mol. The molecule has 0 amide bonds. The van der Waals surface area contributed by atoms with Crippen molar-refractivity contribution in [2.45, 2.75) is 13.5 Å². The summed E-state index contributed by atoms with van der Waals surface area (Å²) in [6.45, 7) is 2.29. The average Bonchev–Trinajstić information content (AvgIpc) is 2.39. The lowest BCUT2D eigenvalue weighted by atomic mass is 10.1. The number of benzene rings is 1. The van der Waals surface area contributed by atoms with Gasteiger partial charge in [0.05, 0.1) is 30.4 Å². The smallest absolute Gasteiger partial charge is 0.128 e. The van der Waals surface area contributed by atoms with Crippen LogP contribution < -0.4 is 10.5 Å². The lowest BCUT2D eigenvalue weighted by Gasteiger charge is -2.09. The number of nitrogens with zero attached hydrogens (tertiary/aromatic N) is 2. The van der Waals surface area contributed by atoms with Crippen LogP contribution in [0.1, 0.15) is 11.4 Å². The third kappa shape index (κ3) is 2.26. The maximum atomic E-state index is 5.63. The number of nitrogens with two attached hydrogens (primary N) is 1. The summed E-state index contributed by atoms with van der Waals surface area (Å²) in [6, 6.07) is 7.73. The number of hydrogen-bond acceptors (Lipinski definition) is 4. The van der Waals surface area contributed by atoms with Crippen molar-refractivity contribution in [3.8, 4) is 17.0 Å². The first-order chi connectivity index (χ1) is 8.26. The van der Waals surface area contributed by atoms with Crippen molar-refractivity contribution in [3.05, 3.63) is 41.9 Å². The Hall–Kier alpha value is -1.94. The molecule has 1 aromatic carbocycles. The van der Waals surface area contributed by atoms with E-state index in [2.05, 4.69) is 9.97 Å². The second-order valence-corrected chi connectivity index (χ2v) is 3.69. The van der Waals surface area contributed by atoms with Crippen LogP contribution in [0.4, 0.5) is 0 Å². The quantitative estimate of drug-likeness (QED) is 0.873. The predicted octanol–water partition coefficient (Wildman–Crippen LogP) is 1.92. The molecule has 4 nitrogen and oxygen atoms in total. The first-order valence-electron chi connectivity index (χ1n) is 5.42. The second-order valence-electron chi connectivity index (χ2n) is 3.69. The molecule has 0 atom stereocenters. The molecule has 2 N–H and O–H groups in total. The van der Waals surface area contributed by atoms with Crippen molar-refractivity contribution in [1.82, 2.24) is 9.97 Å². The zero-order valence-corrected chi connectivity index (χ0v) is 9.97. The van der Waals surface area contributed by atoms with E-state index in [1.807, 2.05) is 31.2 Å². The third-order valence-electron chi connectivity index (χ3n) is 2.63. The lowest BCUT2D eigenvalue weighted by Crippen LogP contribution is -2.05. The van der Waals surface area contributed by atoms with Crippen molar-refractivity contribution < 1.29 is 4.74 Å². The highest BCUT2D eigenvalue weighted by atomic mass is 16.5. The molecule has 88 valence electrons. The lowest BCUT2D eigenvalue weighted by molar-refractivity contribution is 0.416. The summed E-state index contributed by atoms with van der Waals surface area (Å²) in [6.07, 6.45) is 1.74.